The van der Waals surface area contributed by atoms with Crippen molar-refractivity contribution in [2.24, 2.45) is 5.73 Å². The highest BCUT2D eigenvalue weighted by atomic mass is 32.2. The summed E-state index contributed by atoms with van der Waals surface area (Å²) in [6, 6.07) is 0. The van der Waals surface area contributed by atoms with Crippen molar-refractivity contribution in [2.75, 3.05) is 18.5 Å². The minimum atomic E-state index is -1.37. The molecule has 0 bridgehead atoms. The summed E-state index contributed by atoms with van der Waals surface area (Å²) in [7, 11) is -1.37. The minimum absolute atomic E-state index is 0.567. The summed E-state index contributed by atoms with van der Waals surface area (Å²) in [4.78, 5) is 0. The van der Waals surface area contributed by atoms with Gasteiger partial charge < -0.3 is 10.2 Å². The summed E-state index contributed by atoms with van der Waals surface area (Å²) in [6.07, 6.45) is 0. The van der Waals surface area contributed by atoms with Gasteiger partial charge in [-0.2, -0.15) is 11.8 Å². The lowest BCUT2D eigenvalue weighted by Crippen LogP contribution is -2.35. The fourth-order valence-electron chi connectivity index (χ4n) is 0.843. The molecule has 0 rings (SSSR count). The van der Waals surface area contributed by atoms with Crippen molar-refractivity contribution in [1.29, 1.82) is 0 Å². The van der Waals surface area contributed by atoms with Crippen LogP contribution in [0.5, 0.6) is 0 Å². The molecule has 0 saturated heterocycles. The summed E-state index contributed by atoms with van der Waals surface area (Å²) in [5.41, 5.74) is 5.53. The van der Waals surface area contributed by atoms with Crippen LogP contribution in [0.2, 0.25) is 13.1 Å². The second kappa shape index (κ2) is 6.02. The second-order valence-corrected chi connectivity index (χ2v) is 9.65. The van der Waals surface area contributed by atoms with E-state index >= 15 is 0 Å². The van der Waals surface area contributed by atoms with Crippen molar-refractivity contribution in [3.05, 3.63) is 0 Å². The highest BCUT2D eigenvalue weighted by Gasteiger charge is 2.22. The molecule has 0 radical (unpaired) electrons. The molecular formula is C8H21NOSSi. The van der Waals surface area contributed by atoms with Gasteiger partial charge in [-0.1, -0.05) is 6.92 Å². The molecule has 0 aromatic rings. The third kappa shape index (κ3) is 6.05. The fraction of sp³-hybridized carbons (Fsp3) is 1.00. The Balaban J connectivity index is 3.59. The minimum Gasteiger partial charge on any atom is -0.417 e. The largest absolute Gasteiger partial charge is 0.417 e. The smallest absolute Gasteiger partial charge is 0.196 e. The summed E-state index contributed by atoms with van der Waals surface area (Å²) >= 11 is 1.94. The SMILES string of the molecule is CCO[Si](C)(C)CSC(C)CN. The van der Waals surface area contributed by atoms with Gasteiger partial charge in [0.15, 0.2) is 8.32 Å². The Bertz CT molecular complexity index is 122. The van der Waals surface area contributed by atoms with Crippen LogP contribution in [-0.4, -0.2) is 32.1 Å². The van der Waals surface area contributed by atoms with E-state index < -0.39 is 8.32 Å². The van der Waals surface area contributed by atoms with Crippen LogP contribution in [0.3, 0.4) is 0 Å². The van der Waals surface area contributed by atoms with Gasteiger partial charge in [-0.3, -0.25) is 0 Å². The van der Waals surface area contributed by atoms with Crippen molar-refractivity contribution in [2.45, 2.75) is 32.2 Å². The van der Waals surface area contributed by atoms with Crippen molar-refractivity contribution >= 4 is 20.1 Å². The Morgan fingerprint density at radius 3 is 2.50 bits per heavy atom. The number of hydrogen-bond donors (Lipinski definition) is 1. The van der Waals surface area contributed by atoms with Gasteiger partial charge >= 0.3 is 0 Å². The summed E-state index contributed by atoms with van der Waals surface area (Å²) in [5.74, 6) is 0. The lowest BCUT2D eigenvalue weighted by Gasteiger charge is -2.22. The lowest BCUT2D eigenvalue weighted by molar-refractivity contribution is 0.333. The Labute approximate surface area is 81.4 Å². The van der Waals surface area contributed by atoms with Crippen LogP contribution < -0.4 is 5.73 Å². The van der Waals surface area contributed by atoms with E-state index in [0.29, 0.717) is 5.25 Å². The maximum absolute atomic E-state index is 5.70. The first-order chi connectivity index (χ1) is 5.52. The first kappa shape index (κ1) is 12.5. The van der Waals surface area contributed by atoms with Crippen molar-refractivity contribution in [3.8, 4) is 0 Å². The van der Waals surface area contributed by atoms with E-state index in [0.717, 1.165) is 18.5 Å². The van der Waals surface area contributed by atoms with Crippen LogP contribution in [-0.2, 0) is 4.43 Å². The van der Waals surface area contributed by atoms with Gasteiger partial charge in [-0.05, 0) is 20.0 Å². The molecule has 0 amide bonds. The molecule has 0 fully saturated rings. The molecule has 4 heteroatoms. The predicted octanol–water partition coefficient (Wildman–Crippen LogP) is 1.85. The standard InChI is InChI=1S/C8H21NOSSi/c1-5-10-12(3,4)7-11-8(2)6-9/h8H,5-7,9H2,1-4H3. The van der Waals surface area contributed by atoms with Gasteiger partial charge in [-0.25, -0.2) is 0 Å². The van der Waals surface area contributed by atoms with Crippen molar-refractivity contribution in [1.82, 2.24) is 0 Å². The normalized spacial score (nSPS) is 14.8. The highest BCUT2D eigenvalue weighted by Crippen LogP contribution is 2.16. The summed E-state index contributed by atoms with van der Waals surface area (Å²) < 4.78 is 5.70. The maximum atomic E-state index is 5.70. The Hall–Kier alpha value is 0.487. The van der Waals surface area contributed by atoms with Gasteiger partial charge in [0.25, 0.3) is 0 Å². The molecular weight excluding hydrogens is 186 g/mol. The van der Waals surface area contributed by atoms with E-state index in [4.69, 9.17) is 10.2 Å². The van der Waals surface area contributed by atoms with Crippen LogP contribution >= 0.6 is 11.8 Å². The van der Waals surface area contributed by atoms with Crippen molar-refractivity contribution in [3.63, 3.8) is 0 Å². The number of rotatable bonds is 6. The second-order valence-electron chi connectivity index (χ2n) is 3.55. The van der Waals surface area contributed by atoms with E-state index in [1.54, 1.807) is 0 Å². The lowest BCUT2D eigenvalue weighted by atomic mass is 10.5. The molecule has 2 N–H and O–H groups in total. The number of nitrogens with two attached hydrogens (primary N) is 1. The number of hydrogen-bond acceptors (Lipinski definition) is 3. The van der Waals surface area contributed by atoms with Crippen LogP contribution in [0, 0.1) is 0 Å². The maximum Gasteiger partial charge on any atom is 0.196 e. The first-order valence-corrected chi connectivity index (χ1v) is 8.64. The molecule has 74 valence electrons. The molecule has 0 heterocycles. The quantitative estimate of drug-likeness (QED) is 0.675. The zero-order valence-corrected chi connectivity index (χ0v) is 10.4. The molecule has 12 heavy (non-hydrogen) atoms. The molecule has 0 aliphatic heterocycles. The third-order valence-electron chi connectivity index (χ3n) is 1.58. The van der Waals surface area contributed by atoms with Crippen LogP contribution in [0.1, 0.15) is 13.8 Å². The third-order valence-corrected chi connectivity index (χ3v) is 6.86. The summed E-state index contributed by atoms with van der Waals surface area (Å²) in [5, 5.41) is 1.72. The first-order valence-electron chi connectivity index (χ1n) is 4.47. The molecule has 1 unspecified atom stereocenters. The topological polar surface area (TPSA) is 35.2 Å². The fourth-order valence-corrected chi connectivity index (χ4v) is 4.84. The van der Waals surface area contributed by atoms with Crippen LogP contribution in [0.25, 0.3) is 0 Å². The van der Waals surface area contributed by atoms with Gasteiger partial charge in [0.05, 0.1) is 0 Å². The molecule has 0 spiro atoms. The average molecular weight is 207 g/mol. The Morgan fingerprint density at radius 1 is 1.50 bits per heavy atom. The van der Waals surface area contributed by atoms with Crippen molar-refractivity contribution < 1.29 is 4.43 Å². The van der Waals surface area contributed by atoms with E-state index in [1.807, 2.05) is 11.8 Å². The molecule has 1 atom stereocenters. The summed E-state index contributed by atoms with van der Waals surface area (Å²) in [6.45, 7) is 10.4. The molecule has 0 aliphatic rings. The monoisotopic (exact) mass is 207 g/mol. The molecule has 0 aliphatic carbocycles. The van der Waals surface area contributed by atoms with Crippen LogP contribution in [0.15, 0.2) is 0 Å². The Kier molecular flexibility index (Phi) is 6.26. The average Bonchev–Trinajstić information content (AvgIpc) is 2.00. The van der Waals surface area contributed by atoms with E-state index in [1.165, 1.54) is 0 Å². The predicted molar refractivity (Wildman–Crippen MR) is 60.1 cm³/mol. The van der Waals surface area contributed by atoms with Gasteiger partial charge in [0.2, 0.25) is 0 Å². The number of thioether (sulfide) groups is 1. The van der Waals surface area contributed by atoms with E-state index in [2.05, 4.69) is 26.9 Å². The molecule has 0 aromatic heterocycles. The molecule has 2 nitrogen and oxygen atoms in total. The Morgan fingerprint density at radius 2 is 2.08 bits per heavy atom. The van der Waals surface area contributed by atoms with E-state index in [9.17, 15) is 0 Å². The van der Waals surface area contributed by atoms with Crippen LogP contribution in [0.4, 0.5) is 0 Å². The van der Waals surface area contributed by atoms with Gasteiger partial charge in [-0.15, -0.1) is 0 Å². The molecule has 0 aromatic carbocycles. The highest BCUT2D eigenvalue weighted by molar-refractivity contribution is 8.01. The van der Waals surface area contributed by atoms with Gasteiger partial charge in [0, 0.05) is 23.8 Å². The zero-order chi connectivity index (χ0) is 9.61. The zero-order valence-electron chi connectivity index (χ0n) is 8.59. The van der Waals surface area contributed by atoms with Gasteiger partial charge in [0.1, 0.15) is 0 Å². The van der Waals surface area contributed by atoms with E-state index in [-0.39, 0.29) is 0 Å². The molecule has 0 saturated carbocycles.